The molecule has 0 heterocycles. The molecular weight excluding hydrogens is 378 g/mol. The van der Waals surface area contributed by atoms with Gasteiger partial charge in [0, 0.05) is 21.6 Å². The molecule has 0 fully saturated rings. The number of hydrogen-bond acceptors (Lipinski definition) is 3. The predicted octanol–water partition coefficient (Wildman–Crippen LogP) is 4.67. The lowest BCUT2D eigenvalue weighted by atomic mass is 10.1. The van der Waals surface area contributed by atoms with E-state index in [1.54, 1.807) is 0 Å². The van der Waals surface area contributed by atoms with Gasteiger partial charge < -0.3 is 14.7 Å². The molecule has 0 aliphatic rings. The van der Waals surface area contributed by atoms with Crippen molar-refractivity contribution in [3.8, 4) is 5.75 Å². The largest absolute Gasteiger partial charge is 0.489 e. The lowest BCUT2D eigenvalue weighted by Gasteiger charge is -2.18. The Labute approximate surface area is 151 Å². The summed E-state index contributed by atoms with van der Waals surface area (Å²) >= 11 is 9.35. The summed E-state index contributed by atoms with van der Waals surface area (Å²) in [6.07, 6.45) is 0.0935. The van der Waals surface area contributed by atoms with E-state index in [0.29, 0.717) is 23.8 Å². The molecule has 0 bridgehead atoms. The van der Waals surface area contributed by atoms with Gasteiger partial charge in [-0.2, -0.15) is 0 Å². The van der Waals surface area contributed by atoms with Crippen LogP contribution in [-0.2, 0) is 6.61 Å². The smallest absolute Gasteiger partial charge is 0.125 e. The minimum Gasteiger partial charge on any atom is -0.489 e. The molecule has 2 aromatic carbocycles. The zero-order valence-electron chi connectivity index (χ0n) is 13.3. The second kappa shape index (κ2) is 8.69. The van der Waals surface area contributed by atoms with Crippen molar-refractivity contribution in [1.82, 2.24) is 4.90 Å². The first kappa shape index (κ1) is 18.3. The van der Waals surface area contributed by atoms with Crippen LogP contribution in [0.15, 0.2) is 46.9 Å². The number of halogens is 2. The molecule has 0 saturated carbocycles. The highest BCUT2D eigenvalue weighted by molar-refractivity contribution is 9.10. The number of rotatable bonds is 7. The van der Waals surface area contributed by atoms with Crippen molar-refractivity contribution in [3.05, 3.63) is 63.1 Å². The second-order valence-electron chi connectivity index (χ2n) is 5.71. The summed E-state index contributed by atoms with van der Waals surface area (Å²) < 4.78 is 6.83. The summed E-state index contributed by atoms with van der Waals surface area (Å²) in [4.78, 5) is 2.05. The zero-order valence-corrected chi connectivity index (χ0v) is 15.6. The molecule has 124 valence electrons. The van der Waals surface area contributed by atoms with Crippen LogP contribution in [-0.4, -0.2) is 30.6 Å². The molecule has 1 N–H and O–H groups in total. The van der Waals surface area contributed by atoms with E-state index in [9.17, 15) is 5.11 Å². The van der Waals surface area contributed by atoms with E-state index in [4.69, 9.17) is 16.3 Å². The number of nitrogens with zero attached hydrogens (tertiary/aromatic N) is 1. The molecule has 2 rings (SSSR count). The first-order valence-electron chi connectivity index (χ1n) is 7.45. The molecule has 2 aromatic rings. The van der Waals surface area contributed by atoms with E-state index in [-0.39, 0.29) is 0 Å². The third kappa shape index (κ3) is 5.81. The van der Waals surface area contributed by atoms with Gasteiger partial charge in [-0.15, -0.1) is 0 Å². The first-order valence-corrected chi connectivity index (χ1v) is 8.62. The molecule has 0 aromatic heterocycles. The van der Waals surface area contributed by atoms with Crippen molar-refractivity contribution in [3.63, 3.8) is 0 Å². The average molecular weight is 399 g/mol. The summed E-state index contributed by atoms with van der Waals surface area (Å²) in [6.45, 7) is 1.25. The minimum absolute atomic E-state index is 0.437. The normalized spacial score (nSPS) is 12.4. The third-order valence-corrected chi connectivity index (χ3v) is 4.23. The molecule has 0 radical (unpaired) electrons. The standard InChI is InChI=1S/C18H21BrClNO2/c1-21(2)10-9-17(22)16-11-14(19)5-8-18(16)23-12-13-3-6-15(20)7-4-13/h3-8,11,17,22H,9-10,12H2,1-2H3. The Bertz CT molecular complexity index is 631. The van der Waals surface area contributed by atoms with Crippen LogP contribution in [0.5, 0.6) is 5.75 Å². The van der Waals surface area contributed by atoms with Crippen molar-refractivity contribution in [2.45, 2.75) is 19.1 Å². The Morgan fingerprint density at radius 2 is 1.87 bits per heavy atom. The molecule has 0 aliphatic heterocycles. The number of hydrogen-bond donors (Lipinski definition) is 1. The van der Waals surface area contributed by atoms with Crippen LogP contribution in [0.3, 0.4) is 0 Å². The molecule has 5 heteroatoms. The Morgan fingerprint density at radius 1 is 1.17 bits per heavy atom. The van der Waals surface area contributed by atoms with E-state index in [1.165, 1.54) is 0 Å². The lowest BCUT2D eigenvalue weighted by Crippen LogP contribution is -2.16. The maximum Gasteiger partial charge on any atom is 0.125 e. The highest BCUT2D eigenvalue weighted by Crippen LogP contribution is 2.31. The van der Waals surface area contributed by atoms with Crippen molar-refractivity contribution < 1.29 is 9.84 Å². The summed E-state index contributed by atoms with van der Waals surface area (Å²) in [6, 6.07) is 13.3. The van der Waals surface area contributed by atoms with E-state index in [2.05, 4.69) is 20.8 Å². The highest BCUT2D eigenvalue weighted by atomic mass is 79.9. The van der Waals surface area contributed by atoms with Crippen LogP contribution in [0.4, 0.5) is 0 Å². The summed E-state index contributed by atoms with van der Waals surface area (Å²) in [5.74, 6) is 0.703. The van der Waals surface area contributed by atoms with Crippen molar-refractivity contribution in [2.75, 3.05) is 20.6 Å². The van der Waals surface area contributed by atoms with Gasteiger partial charge in [0.25, 0.3) is 0 Å². The maximum atomic E-state index is 10.5. The van der Waals surface area contributed by atoms with E-state index in [0.717, 1.165) is 22.1 Å². The number of aliphatic hydroxyl groups excluding tert-OH is 1. The van der Waals surface area contributed by atoms with Crippen LogP contribution in [0, 0.1) is 0 Å². The fourth-order valence-electron chi connectivity index (χ4n) is 2.19. The average Bonchev–Trinajstić information content (AvgIpc) is 2.53. The quantitative estimate of drug-likeness (QED) is 0.736. The SMILES string of the molecule is CN(C)CCC(O)c1cc(Br)ccc1OCc1ccc(Cl)cc1. The molecule has 23 heavy (non-hydrogen) atoms. The Kier molecular flexibility index (Phi) is 6.90. The van der Waals surface area contributed by atoms with Gasteiger partial charge in [0.1, 0.15) is 12.4 Å². The molecule has 0 saturated heterocycles. The van der Waals surface area contributed by atoms with Gasteiger partial charge >= 0.3 is 0 Å². The van der Waals surface area contributed by atoms with Crippen molar-refractivity contribution in [2.24, 2.45) is 0 Å². The molecule has 3 nitrogen and oxygen atoms in total. The van der Waals surface area contributed by atoms with Crippen LogP contribution in [0.25, 0.3) is 0 Å². The monoisotopic (exact) mass is 397 g/mol. The van der Waals surface area contributed by atoms with Crippen molar-refractivity contribution >= 4 is 27.5 Å². The number of ether oxygens (including phenoxy) is 1. The van der Waals surface area contributed by atoms with Gasteiger partial charge in [0.2, 0.25) is 0 Å². The van der Waals surface area contributed by atoms with Crippen LogP contribution < -0.4 is 4.74 Å². The fraction of sp³-hybridized carbons (Fsp3) is 0.333. The van der Waals surface area contributed by atoms with Crippen molar-refractivity contribution in [1.29, 1.82) is 0 Å². The van der Waals surface area contributed by atoms with E-state index in [1.807, 2.05) is 56.6 Å². The van der Waals surface area contributed by atoms with E-state index >= 15 is 0 Å². The predicted molar refractivity (Wildman–Crippen MR) is 98.1 cm³/mol. The molecule has 1 atom stereocenters. The summed E-state index contributed by atoms with van der Waals surface area (Å²) in [5.41, 5.74) is 1.83. The van der Waals surface area contributed by atoms with Crippen LogP contribution in [0.2, 0.25) is 5.02 Å². The topological polar surface area (TPSA) is 32.7 Å². The molecule has 0 aliphatic carbocycles. The van der Waals surface area contributed by atoms with Crippen LogP contribution in [0.1, 0.15) is 23.7 Å². The molecule has 1 unspecified atom stereocenters. The summed E-state index contributed by atoms with van der Waals surface area (Å²) in [7, 11) is 3.98. The van der Waals surface area contributed by atoms with Gasteiger partial charge in [-0.05, 0) is 56.4 Å². The second-order valence-corrected chi connectivity index (χ2v) is 7.06. The zero-order chi connectivity index (χ0) is 16.8. The molecule has 0 amide bonds. The van der Waals surface area contributed by atoms with E-state index < -0.39 is 6.10 Å². The number of aliphatic hydroxyl groups is 1. The lowest BCUT2D eigenvalue weighted by molar-refractivity contribution is 0.148. The highest BCUT2D eigenvalue weighted by Gasteiger charge is 2.15. The Morgan fingerprint density at radius 3 is 2.52 bits per heavy atom. The fourth-order valence-corrected chi connectivity index (χ4v) is 2.69. The van der Waals surface area contributed by atoms with Gasteiger partial charge in [0.15, 0.2) is 0 Å². The first-order chi connectivity index (χ1) is 11.0. The molecule has 0 spiro atoms. The molecular formula is C18H21BrClNO2. The third-order valence-electron chi connectivity index (χ3n) is 3.49. The Balaban J connectivity index is 2.09. The minimum atomic E-state index is -0.560. The van der Waals surface area contributed by atoms with Gasteiger partial charge in [0.05, 0.1) is 6.10 Å². The van der Waals surface area contributed by atoms with Gasteiger partial charge in [-0.3, -0.25) is 0 Å². The Hall–Kier alpha value is -1.07. The maximum absolute atomic E-state index is 10.5. The van der Waals surface area contributed by atoms with Gasteiger partial charge in [-0.25, -0.2) is 0 Å². The van der Waals surface area contributed by atoms with Crippen LogP contribution >= 0.6 is 27.5 Å². The number of benzene rings is 2. The van der Waals surface area contributed by atoms with Gasteiger partial charge in [-0.1, -0.05) is 39.7 Å². The summed E-state index contributed by atoms with van der Waals surface area (Å²) in [5, 5.41) is 11.2.